The lowest BCUT2D eigenvalue weighted by Crippen LogP contribution is -2.51. The lowest BCUT2D eigenvalue weighted by Gasteiger charge is -2.34. The fourth-order valence-electron chi connectivity index (χ4n) is 2.68. The SMILES string of the molecule is COc1cccc(Cc2nsc(N3CCN(S(=O)(=O)C(Cl)(Cl)Cl)CC3)n2)c1. The van der Waals surface area contributed by atoms with E-state index in [-0.39, 0.29) is 13.1 Å². The van der Waals surface area contributed by atoms with Gasteiger partial charge in [-0.15, -0.1) is 0 Å². The second kappa shape index (κ2) is 8.26. The summed E-state index contributed by atoms with van der Waals surface area (Å²) in [6, 6.07) is 7.74. The third-order valence-electron chi connectivity index (χ3n) is 4.10. The molecule has 0 amide bonds. The van der Waals surface area contributed by atoms with Crippen molar-refractivity contribution in [2.24, 2.45) is 0 Å². The molecule has 0 atom stereocenters. The van der Waals surface area contributed by atoms with E-state index in [4.69, 9.17) is 39.5 Å². The summed E-state index contributed by atoms with van der Waals surface area (Å²) < 4.78 is 32.8. The highest BCUT2D eigenvalue weighted by atomic mass is 35.6. The Bertz CT molecular complexity index is 894. The number of nitrogens with zero attached hydrogens (tertiary/aromatic N) is 4. The van der Waals surface area contributed by atoms with Crippen LogP contribution in [-0.2, 0) is 16.4 Å². The van der Waals surface area contributed by atoms with Gasteiger partial charge in [0.25, 0.3) is 10.0 Å². The number of aromatic nitrogens is 2. The number of piperazine rings is 1. The van der Waals surface area contributed by atoms with Crippen molar-refractivity contribution in [3.05, 3.63) is 35.7 Å². The van der Waals surface area contributed by atoms with E-state index in [0.717, 1.165) is 16.4 Å². The summed E-state index contributed by atoms with van der Waals surface area (Å²) in [5.74, 6) is 1.49. The number of sulfonamides is 1. The molecule has 1 aromatic carbocycles. The highest BCUT2D eigenvalue weighted by Gasteiger charge is 2.43. The Morgan fingerprint density at radius 2 is 1.93 bits per heavy atom. The number of methoxy groups -OCH3 is 1. The lowest BCUT2D eigenvalue weighted by molar-refractivity contribution is 0.384. The number of hydrogen-bond acceptors (Lipinski definition) is 7. The van der Waals surface area contributed by atoms with Crippen LogP contribution in [-0.4, -0.2) is 58.5 Å². The van der Waals surface area contributed by atoms with Crippen LogP contribution in [0.1, 0.15) is 11.4 Å². The van der Waals surface area contributed by atoms with E-state index in [0.29, 0.717) is 25.3 Å². The zero-order chi connectivity index (χ0) is 19.7. The molecule has 1 aliphatic heterocycles. The van der Waals surface area contributed by atoms with Crippen LogP contribution in [0.15, 0.2) is 24.3 Å². The number of rotatable bonds is 5. The summed E-state index contributed by atoms with van der Waals surface area (Å²) in [5, 5.41) is 0.749. The first kappa shape index (κ1) is 20.9. The Labute approximate surface area is 177 Å². The fourth-order valence-corrected chi connectivity index (χ4v) is 5.23. The summed E-state index contributed by atoms with van der Waals surface area (Å²) in [5.41, 5.74) is 1.05. The molecule has 0 aliphatic carbocycles. The first-order chi connectivity index (χ1) is 12.7. The minimum Gasteiger partial charge on any atom is -0.497 e. The van der Waals surface area contributed by atoms with Crippen LogP contribution in [0.3, 0.4) is 0 Å². The summed E-state index contributed by atoms with van der Waals surface area (Å²) in [6.07, 6.45) is 0.593. The molecule has 27 heavy (non-hydrogen) atoms. The van der Waals surface area contributed by atoms with Gasteiger partial charge in [0.1, 0.15) is 11.6 Å². The molecule has 0 saturated carbocycles. The van der Waals surface area contributed by atoms with Crippen LogP contribution in [0.5, 0.6) is 5.75 Å². The summed E-state index contributed by atoms with van der Waals surface area (Å²) in [6.45, 7) is 1.35. The van der Waals surface area contributed by atoms with E-state index in [1.807, 2.05) is 29.2 Å². The van der Waals surface area contributed by atoms with Crippen molar-refractivity contribution in [2.45, 2.75) is 9.55 Å². The Kier molecular flexibility index (Phi) is 6.39. The van der Waals surface area contributed by atoms with Gasteiger partial charge in [0.05, 0.1) is 7.11 Å². The van der Waals surface area contributed by atoms with Crippen molar-refractivity contribution in [3.63, 3.8) is 0 Å². The van der Waals surface area contributed by atoms with E-state index in [9.17, 15) is 8.42 Å². The van der Waals surface area contributed by atoms with E-state index >= 15 is 0 Å². The molecule has 1 fully saturated rings. The van der Waals surface area contributed by atoms with Gasteiger partial charge in [-0.25, -0.2) is 13.4 Å². The molecule has 0 bridgehead atoms. The fraction of sp³-hybridized carbons (Fsp3) is 0.467. The quantitative estimate of drug-likeness (QED) is 0.624. The smallest absolute Gasteiger partial charge is 0.306 e. The van der Waals surface area contributed by atoms with Gasteiger partial charge in [0.15, 0.2) is 0 Å². The first-order valence-electron chi connectivity index (χ1n) is 7.97. The zero-order valence-electron chi connectivity index (χ0n) is 14.3. The second-order valence-electron chi connectivity index (χ2n) is 5.86. The lowest BCUT2D eigenvalue weighted by atomic mass is 10.1. The van der Waals surface area contributed by atoms with Crippen molar-refractivity contribution in [2.75, 3.05) is 38.2 Å². The van der Waals surface area contributed by atoms with Crippen LogP contribution in [0.2, 0.25) is 0 Å². The molecular weight excluding hydrogens is 455 g/mol. The number of alkyl halides is 3. The predicted octanol–water partition coefficient (Wildman–Crippen LogP) is 2.92. The summed E-state index contributed by atoms with van der Waals surface area (Å²) >= 11 is 18.0. The standard InChI is InChI=1S/C15H17Cl3N4O3S2/c1-25-12-4-2-3-11(9-12)10-13-19-14(26-20-13)21-5-7-22(8-6-21)27(23,24)15(16,17)18/h2-4,9H,5-8,10H2,1H3. The molecule has 0 radical (unpaired) electrons. The molecule has 0 N–H and O–H groups in total. The Morgan fingerprint density at radius 1 is 1.22 bits per heavy atom. The molecular formula is C15H17Cl3N4O3S2. The zero-order valence-corrected chi connectivity index (χ0v) is 18.2. The van der Waals surface area contributed by atoms with E-state index in [2.05, 4.69) is 9.36 Å². The number of halogens is 3. The minimum atomic E-state index is -3.99. The Hall–Kier alpha value is -0.840. The number of anilines is 1. The molecule has 0 spiro atoms. The van der Waals surface area contributed by atoms with Crippen molar-refractivity contribution in [1.29, 1.82) is 0 Å². The highest BCUT2D eigenvalue weighted by molar-refractivity contribution is 7.95. The third kappa shape index (κ3) is 4.78. The van der Waals surface area contributed by atoms with Gasteiger partial charge < -0.3 is 9.64 Å². The van der Waals surface area contributed by atoms with Gasteiger partial charge >= 0.3 is 3.12 Å². The van der Waals surface area contributed by atoms with Crippen molar-refractivity contribution in [1.82, 2.24) is 13.7 Å². The van der Waals surface area contributed by atoms with Gasteiger partial charge in [-0.2, -0.15) is 8.68 Å². The molecule has 2 heterocycles. The molecule has 148 valence electrons. The summed E-state index contributed by atoms with van der Waals surface area (Å²) in [7, 11) is -2.36. The molecule has 12 heteroatoms. The Morgan fingerprint density at radius 3 is 2.56 bits per heavy atom. The van der Waals surface area contributed by atoms with Crippen LogP contribution in [0.4, 0.5) is 5.13 Å². The van der Waals surface area contributed by atoms with Gasteiger partial charge in [0, 0.05) is 44.1 Å². The molecule has 3 rings (SSSR count). The minimum absolute atomic E-state index is 0.223. The highest BCUT2D eigenvalue weighted by Crippen LogP contribution is 2.36. The van der Waals surface area contributed by atoms with Crippen LogP contribution in [0.25, 0.3) is 0 Å². The van der Waals surface area contributed by atoms with Gasteiger partial charge in [-0.3, -0.25) is 0 Å². The van der Waals surface area contributed by atoms with Crippen molar-refractivity contribution in [3.8, 4) is 5.75 Å². The maximum Gasteiger partial charge on any atom is 0.306 e. The van der Waals surface area contributed by atoms with E-state index in [1.165, 1.54) is 15.8 Å². The van der Waals surface area contributed by atoms with Crippen molar-refractivity contribution >= 4 is 61.5 Å². The number of ether oxygens (including phenoxy) is 1. The number of hydrogen-bond donors (Lipinski definition) is 0. The molecule has 1 aromatic heterocycles. The first-order valence-corrected chi connectivity index (χ1v) is 11.3. The molecule has 2 aromatic rings. The van der Waals surface area contributed by atoms with E-state index in [1.54, 1.807) is 7.11 Å². The van der Waals surface area contributed by atoms with Crippen LogP contribution < -0.4 is 9.64 Å². The van der Waals surface area contributed by atoms with Gasteiger partial charge in [-0.1, -0.05) is 46.9 Å². The third-order valence-corrected chi connectivity index (χ3v) is 8.30. The predicted molar refractivity (Wildman–Crippen MR) is 109 cm³/mol. The average molecular weight is 472 g/mol. The summed E-state index contributed by atoms with van der Waals surface area (Å²) in [4.78, 5) is 6.55. The maximum atomic E-state index is 12.2. The molecule has 0 unspecified atom stereocenters. The van der Waals surface area contributed by atoms with Crippen molar-refractivity contribution < 1.29 is 13.2 Å². The second-order valence-corrected chi connectivity index (χ2v) is 11.6. The molecule has 7 nitrogen and oxygen atoms in total. The van der Waals surface area contributed by atoms with E-state index < -0.39 is 13.1 Å². The Balaban J connectivity index is 1.63. The topological polar surface area (TPSA) is 75.6 Å². The monoisotopic (exact) mass is 470 g/mol. The number of benzene rings is 1. The van der Waals surface area contributed by atoms with Gasteiger partial charge in [-0.05, 0) is 17.7 Å². The van der Waals surface area contributed by atoms with Gasteiger partial charge in [0.2, 0.25) is 5.13 Å². The maximum absolute atomic E-state index is 12.2. The van der Waals surface area contributed by atoms with Crippen LogP contribution >= 0.6 is 46.3 Å². The molecule has 1 aliphatic rings. The molecule has 1 saturated heterocycles. The largest absolute Gasteiger partial charge is 0.497 e. The van der Waals surface area contributed by atoms with Crippen LogP contribution in [0, 0.1) is 0 Å². The average Bonchev–Trinajstić information content (AvgIpc) is 3.09. The normalized spacial score (nSPS) is 16.5.